The van der Waals surface area contributed by atoms with Crippen molar-refractivity contribution >= 4 is 5.91 Å². The number of benzene rings is 1. The van der Waals surface area contributed by atoms with Gasteiger partial charge in [0.05, 0.1) is 6.54 Å². The van der Waals surface area contributed by atoms with E-state index in [1.807, 2.05) is 50.8 Å². The van der Waals surface area contributed by atoms with Gasteiger partial charge in [0, 0.05) is 19.6 Å². The molecular weight excluding hydrogens is 224 g/mol. The molecule has 0 aliphatic carbocycles. The van der Waals surface area contributed by atoms with E-state index in [0.29, 0.717) is 6.54 Å². The zero-order valence-corrected chi connectivity index (χ0v) is 12.1. The Labute approximate surface area is 111 Å². The Balaban J connectivity index is 0.000000659. The summed E-state index contributed by atoms with van der Waals surface area (Å²) in [5.41, 5.74) is 1.20. The van der Waals surface area contributed by atoms with E-state index in [9.17, 15) is 4.79 Å². The van der Waals surface area contributed by atoms with Crippen LogP contribution in [-0.2, 0) is 11.3 Å². The lowest BCUT2D eigenvalue weighted by atomic mass is 10.2. The number of hydrogen-bond acceptors (Lipinski definition) is 2. The molecule has 0 saturated carbocycles. The van der Waals surface area contributed by atoms with Crippen molar-refractivity contribution in [2.75, 3.05) is 19.6 Å². The summed E-state index contributed by atoms with van der Waals surface area (Å²) in [6.45, 7) is 10.9. The molecule has 1 aromatic rings. The second-order valence-corrected chi connectivity index (χ2v) is 3.48. The minimum atomic E-state index is 0.195. The Hall–Kier alpha value is -1.35. The van der Waals surface area contributed by atoms with E-state index < -0.39 is 0 Å². The topological polar surface area (TPSA) is 32.3 Å². The van der Waals surface area contributed by atoms with Crippen molar-refractivity contribution in [1.29, 1.82) is 0 Å². The van der Waals surface area contributed by atoms with Crippen LogP contribution in [0.3, 0.4) is 0 Å². The van der Waals surface area contributed by atoms with Crippen molar-refractivity contribution in [3.63, 3.8) is 0 Å². The van der Waals surface area contributed by atoms with Crippen molar-refractivity contribution < 1.29 is 4.79 Å². The lowest BCUT2D eigenvalue weighted by Crippen LogP contribution is -2.47. The average molecular weight is 250 g/mol. The predicted octanol–water partition coefficient (Wildman–Crippen LogP) is 2.67. The van der Waals surface area contributed by atoms with Crippen LogP contribution in [0.5, 0.6) is 0 Å². The van der Waals surface area contributed by atoms with Crippen LogP contribution in [0.1, 0.15) is 33.3 Å². The van der Waals surface area contributed by atoms with Crippen LogP contribution in [0.2, 0.25) is 0 Å². The summed E-state index contributed by atoms with van der Waals surface area (Å²) >= 11 is 0. The highest BCUT2D eigenvalue weighted by Gasteiger charge is 2.16. The number of carbonyl (C=O) groups is 1. The van der Waals surface area contributed by atoms with Crippen molar-refractivity contribution in [3.8, 4) is 0 Å². The highest BCUT2D eigenvalue weighted by Crippen LogP contribution is 2.05. The summed E-state index contributed by atoms with van der Waals surface area (Å²) in [6.07, 6.45) is 0. The van der Waals surface area contributed by atoms with Crippen LogP contribution in [0.25, 0.3) is 0 Å². The zero-order chi connectivity index (χ0) is 13.8. The van der Waals surface area contributed by atoms with E-state index in [-0.39, 0.29) is 5.91 Å². The first kappa shape index (κ1) is 16.6. The summed E-state index contributed by atoms with van der Waals surface area (Å²) in [5, 5.41) is 3.06. The Bertz CT molecular complexity index is 312. The predicted molar refractivity (Wildman–Crippen MR) is 77.4 cm³/mol. The van der Waals surface area contributed by atoms with Crippen molar-refractivity contribution in [2.24, 2.45) is 0 Å². The van der Waals surface area contributed by atoms with Gasteiger partial charge in [0.2, 0.25) is 5.91 Å². The maximum Gasteiger partial charge on any atom is 0.236 e. The molecule has 1 aliphatic rings. The molecule has 0 bridgehead atoms. The van der Waals surface area contributed by atoms with E-state index in [1.54, 1.807) is 0 Å². The number of amides is 1. The Morgan fingerprint density at radius 1 is 1.11 bits per heavy atom. The number of piperazine rings is 1. The third kappa shape index (κ3) is 5.82. The van der Waals surface area contributed by atoms with Gasteiger partial charge in [0.15, 0.2) is 0 Å². The third-order valence-corrected chi connectivity index (χ3v) is 2.40. The minimum absolute atomic E-state index is 0.195. The lowest BCUT2D eigenvalue weighted by molar-refractivity contribution is -0.132. The summed E-state index contributed by atoms with van der Waals surface area (Å²) < 4.78 is 0. The van der Waals surface area contributed by atoms with Crippen molar-refractivity contribution in [1.82, 2.24) is 10.2 Å². The van der Waals surface area contributed by atoms with E-state index in [1.165, 1.54) is 5.56 Å². The number of carbonyl (C=O) groups excluding carboxylic acids is 1. The average Bonchev–Trinajstić information content (AvgIpc) is 2.47. The van der Waals surface area contributed by atoms with E-state index >= 15 is 0 Å². The fourth-order valence-electron chi connectivity index (χ4n) is 1.62. The normalized spacial score (nSPS) is 14.0. The maximum atomic E-state index is 11.5. The first-order valence-corrected chi connectivity index (χ1v) is 6.89. The molecule has 0 spiro atoms. The van der Waals surface area contributed by atoms with E-state index in [0.717, 1.165) is 19.6 Å². The molecule has 1 N–H and O–H groups in total. The molecular formula is C15H26N2O. The molecule has 1 amide bonds. The fraction of sp³-hybridized carbons (Fsp3) is 0.533. The number of rotatable bonds is 2. The van der Waals surface area contributed by atoms with Crippen LogP contribution in [0.15, 0.2) is 30.3 Å². The molecule has 0 atom stereocenters. The van der Waals surface area contributed by atoms with Gasteiger partial charge < -0.3 is 10.2 Å². The molecule has 18 heavy (non-hydrogen) atoms. The largest absolute Gasteiger partial charge is 0.336 e. The Kier molecular flexibility index (Phi) is 9.97. The van der Waals surface area contributed by atoms with Gasteiger partial charge in [-0.05, 0) is 5.56 Å². The second-order valence-electron chi connectivity index (χ2n) is 3.48. The maximum absolute atomic E-state index is 11.5. The molecule has 3 nitrogen and oxygen atoms in total. The molecule has 3 heteroatoms. The summed E-state index contributed by atoms with van der Waals surface area (Å²) in [5.74, 6) is 0.195. The summed E-state index contributed by atoms with van der Waals surface area (Å²) in [6, 6.07) is 10.1. The smallest absolute Gasteiger partial charge is 0.236 e. The fourth-order valence-corrected chi connectivity index (χ4v) is 1.62. The molecule has 1 aromatic carbocycles. The zero-order valence-electron chi connectivity index (χ0n) is 12.1. The molecule has 0 radical (unpaired) electrons. The van der Waals surface area contributed by atoms with Gasteiger partial charge in [-0.3, -0.25) is 4.79 Å². The lowest BCUT2D eigenvalue weighted by Gasteiger charge is -2.27. The Morgan fingerprint density at radius 3 is 2.28 bits per heavy atom. The van der Waals surface area contributed by atoms with Gasteiger partial charge in [-0.1, -0.05) is 58.0 Å². The van der Waals surface area contributed by atoms with E-state index in [4.69, 9.17) is 0 Å². The monoisotopic (exact) mass is 250 g/mol. The van der Waals surface area contributed by atoms with Gasteiger partial charge in [0.1, 0.15) is 0 Å². The standard InChI is InChI=1S/C11H14N2O.2C2H6/c14-11-8-12-6-7-13(11)9-10-4-2-1-3-5-10;2*1-2/h1-5,12H,6-9H2;2*1-2H3. The number of hydrogen-bond donors (Lipinski definition) is 1. The van der Waals surface area contributed by atoms with Gasteiger partial charge >= 0.3 is 0 Å². The van der Waals surface area contributed by atoms with Crippen molar-refractivity contribution in [3.05, 3.63) is 35.9 Å². The second kappa shape index (κ2) is 10.8. The number of nitrogens with zero attached hydrogens (tertiary/aromatic N) is 1. The summed E-state index contributed by atoms with van der Waals surface area (Å²) in [7, 11) is 0. The highest BCUT2D eigenvalue weighted by molar-refractivity contribution is 5.78. The van der Waals surface area contributed by atoms with Crippen LogP contribution < -0.4 is 5.32 Å². The van der Waals surface area contributed by atoms with Crippen LogP contribution in [0.4, 0.5) is 0 Å². The first-order chi connectivity index (χ1) is 8.86. The van der Waals surface area contributed by atoms with E-state index in [2.05, 4.69) is 17.4 Å². The van der Waals surface area contributed by atoms with Gasteiger partial charge in [-0.2, -0.15) is 0 Å². The van der Waals surface area contributed by atoms with Crippen LogP contribution in [0, 0.1) is 0 Å². The highest BCUT2D eigenvalue weighted by atomic mass is 16.2. The van der Waals surface area contributed by atoms with Gasteiger partial charge in [0.25, 0.3) is 0 Å². The SMILES string of the molecule is CC.CC.O=C1CNCCN1Cc1ccccc1. The molecule has 0 unspecified atom stereocenters. The molecule has 1 aliphatic heterocycles. The molecule has 1 saturated heterocycles. The molecule has 102 valence electrons. The van der Waals surface area contributed by atoms with Crippen molar-refractivity contribution in [2.45, 2.75) is 34.2 Å². The molecule has 1 heterocycles. The van der Waals surface area contributed by atoms with Crippen LogP contribution >= 0.6 is 0 Å². The molecule has 2 rings (SSSR count). The Morgan fingerprint density at radius 2 is 1.72 bits per heavy atom. The molecule has 1 fully saturated rings. The third-order valence-electron chi connectivity index (χ3n) is 2.40. The quantitative estimate of drug-likeness (QED) is 0.875. The first-order valence-electron chi connectivity index (χ1n) is 6.89. The minimum Gasteiger partial charge on any atom is -0.336 e. The van der Waals surface area contributed by atoms with Gasteiger partial charge in [-0.15, -0.1) is 0 Å². The van der Waals surface area contributed by atoms with Gasteiger partial charge in [-0.25, -0.2) is 0 Å². The molecule has 0 aromatic heterocycles. The number of nitrogens with one attached hydrogen (secondary N) is 1. The van der Waals surface area contributed by atoms with Crippen LogP contribution in [-0.4, -0.2) is 30.4 Å². The summed E-state index contributed by atoms with van der Waals surface area (Å²) in [4.78, 5) is 13.4.